The average Bonchev–Trinajstić information content (AvgIpc) is 2.46. The van der Waals surface area contributed by atoms with Crippen LogP contribution in [0.1, 0.15) is 46.1 Å². The van der Waals surface area contributed by atoms with Gasteiger partial charge in [-0.1, -0.05) is 39.8 Å². The summed E-state index contributed by atoms with van der Waals surface area (Å²) in [4.78, 5) is 0.338. The third-order valence-corrected chi connectivity index (χ3v) is 5.06. The van der Waals surface area contributed by atoms with E-state index in [-0.39, 0.29) is 5.41 Å². The summed E-state index contributed by atoms with van der Waals surface area (Å²) in [5.74, 6) is 0. The van der Waals surface area contributed by atoms with Gasteiger partial charge in [-0.2, -0.15) is 0 Å². The highest BCUT2D eigenvalue weighted by molar-refractivity contribution is 7.89. The van der Waals surface area contributed by atoms with Gasteiger partial charge < -0.3 is 5.32 Å². The van der Waals surface area contributed by atoms with E-state index in [0.717, 1.165) is 24.9 Å². The van der Waals surface area contributed by atoms with Gasteiger partial charge in [-0.05, 0) is 42.5 Å². The lowest BCUT2D eigenvalue weighted by Gasteiger charge is -2.22. The van der Waals surface area contributed by atoms with Crippen LogP contribution >= 0.6 is 0 Å². The second kappa shape index (κ2) is 7.92. The van der Waals surface area contributed by atoms with Crippen LogP contribution in [0.25, 0.3) is 0 Å². The van der Waals surface area contributed by atoms with Crippen molar-refractivity contribution in [1.82, 2.24) is 10.0 Å². The molecule has 2 N–H and O–H groups in total. The molecule has 0 aromatic heterocycles. The summed E-state index contributed by atoms with van der Waals surface area (Å²) in [6.45, 7) is 10.4. The van der Waals surface area contributed by atoms with Gasteiger partial charge in [-0.25, -0.2) is 13.1 Å². The van der Waals surface area contributed by atoms with Crippen molar-refractivity contribution in [3.8, 4) is 0 Å². The molecule has 0 saturated carbocycles. The predicted molar refractivity (Wildman–Crippen MR) is 87.7 cm³/mol. The summed E-state index contributed by atoms with van der Waals surface area (Å²) < 4.78 is 27.4. The fourth-order valence-electron chi connectivity index (χ4n) is 1.73. The van der Waals surface area contributed by atoms with Crippen LogP contribution < -0.4 is 10.0 Å². The van der Waals surface area contributed by atoms with Crippen LogP contribution in [0.4, 0.5) is 0 Å². The molecular formula is C16H28N2O2S. The molecule has 21 heavy (non-hydrogen) atoms. The SMILES string of the molecule is CCCNCc1cccc(S(=O)(=O)NCC(C)(C)CC)c1. The van der Waals surface area contributed by atoms with E-state index in [2.05, 4.69) is 37.7 Å². The lowest BCUT2D eigenvalue weighted by Crippen LogP contribution is -2.33. The third kappa shape index (κ3) is 6.16. The molecule has 0 atom stereocenters. The van der Waals surface area contributed by atoms with E-state index in [9.17, 15) is 8.42 Å². The van der Waals surface area contributed by atoms with E-state index in [4.69, 9.17) is 0 Å². The molecule has 0 bridgehead atoms. The number of rotatable bonds is 9. The van der Waals surface area contributed by atoms with E-state index in [1.807, 2.05) is 6.07 Å². The topological polar surface area (TPSA) is 58.2 Å². The fourth-order valence-corrected chi connectivity index (χ4v) is 3.04. The highest BCUT2D eigenvalue weighted by atomic mass is 32.2. The van der Waals surface area contributed by atoms with Crippen molar-refractivity contribution in [2.75, 3.05) is 13.1 Å². The van der Waals surface area contributed by atoms with Crippen molar-refractivity contribution >= 4 is 10.0 Å². The molecule has 0 amide bonds. The van der Waals surface area contributed by atoms with Crippen LogP contribution in [0.15, 0.2) is 29.2 Å². The molecule has 0 aliphatic rings. The summed E-state index contributed by atoms with van der Waals surface area (Å²) in [6, 6.07) is 7.12. The van der Waals surface area contributed by atoms with E-state index < -0.39 is 10.0 Å². The van der Waals surface area contributed by atoms with Crippen molar-refractivity contribution < 1.29 is 8.42 Å². The lowest BCUT2D eigenvalue weighted by atomic mass is 9.91. The molecule has 5 heteroatoms. The van der Waals surface area contributed by atoms with E-state index in [1.54, 1.807) is 18.2 Å². The first kappa shape index (κ1) is 18.1. The monoisotopic (exact) mass is 312 g/mol. The molecular weight excluding hydrogens is 284 g/mol. The van der Waals surface area contributed by atoms with E-state index >= 15 is 0 Å². The van der Waals surface area contributed by atoms with Gasteiger partial charge in [-0.3, -0.25) is 0 Å². The quantitative estimate of drug-likeness (QED) is 0.689. The minimum absolute atomic E-state index is 0.0344. The minimum atomic E-state index is -3.43. The van der Waals surface area contributed by atoms with Crippen LogP contribution in [0.3, 0.4) is 0 Å². The Kier molecular flexibility index (Phi) is 6.84. The van der Waals surface area contributed by atoms with E-state index in [0.29, 0.717) is 18.0 Å². The van der Waals surface area contributed by atoms with Gasteiger partial charge in [-0.15, -0.1) is 0 Å². The number of benzene rings is 1. The fraction of sp³-hybridized carbons (Fsp3) is 0.625. The maximum absolute atomic E-state index is 12.3. The summed E-state index contributed by atoms with van der Waals surface area (Å²) in [7, 11) is -3.43. The molecule has 0 fully saturated rings. The van der Waals surface area contributed by atoms with Crippen LogP contribution in [-0.2, 0) is 16.6 Å². The maximum atomic E-state index is 12.3. The van der Waals surface area contributed by atoms with Crippen molar-refractivity contribution in [3.63, 3.8) is 0 Å². The Morgan fingerprint density at radius 1 is 1.19 bits per heavy atom. The largest absolute Gasteiger partial charge is 0.313 e. The molecule has 1 rings (SSSR count). The van der Waals surface area contributed by atoms with E-state index in [1.165, 1.54) is 0 Å². The molecule has 4 nitrogen and oxygen atoms in total. The van der Waals surface area contributed by atoms with Crippen molar-refractivity contribution in [2.45, 2.75) is 52.0 Å². The van der Waals surface area contributed by atoms with Crippen LogP contribution in [-0.4, -0.2) is 21.5 Å². The molecule has 120 valence electrons. The van der Waals surface area contributed by atoms with Gasteiger partial charge in [0.25, 0.3) is 0 Å². The third-order valence-electron chi connectivity index (χ3n) is 3.66. The van der Waals surface area contributed by atoms with Gasteiger partial charge in [0.15, 0.2) is 0 Å². The minimum Gasteiger partial charge on any atom is -0.313 e. The zero-order valence-corrected chi connectivity index (χ0v) is 14.4. The number of nitrogens with one attached hydrogen (secondary N) is 2. The molecule has 0 radical (unpaired) electrons. The van der Waals surface area contributed by atoms with Gasteiger partial charge in [0, 0.05) is 13.1 Å². The zero-order chi connectivity index (χ0) is 15.9. The van der Waals surface area contributed by atoms with Crippen molar-refractivity contribution in [3.05, 3.63) is 29.8 Å². The lowest BCUT2D eigenvalue weighted by molar-refractivity contribution is 0.350. The molecule has 0 saturated heterocycles. The van der Waals surface area contributed by atoms with Gasteiger partial charge >= 0.3 is 0 Å². The molecule has 0 heterocycles. The van der Waals surface area contributed by atoms with Gasteiger partial charge in [0.05, 0.1) is 4.90 Å². The summed E-state index contributed by atoms with van der Waals surface area (Å²) >= 11 is 0. The summed E-state index contributed by atoms with van der Waals surface area (Å²) in [6.07, 6.45) is 1.99. The first-order chi connectivity index (χ1) is 9.80. The number of hydrogen-bond donors (Lipinski definition) is 2. The average molecular weight is 312 g/mol. The number of sulfonamides is 1. The van der Waals surface area contributed by atoms with Crippen molar-refractivity contribution in [2.24, 2.45) is 5.41 Å². The Balaban J connectivity index is 2.76. The zero-order valence-electron chi connectivity index (χ0n) is 13.6. The molecule has 0 aliphatic heterocycles. The summed E-state index contributed by atoms with van der Waals surface area (Å²) in [5, 5.41) is 3.28. The van der Waals surface area contributed by atoms with Gasteiger partial charge in [0.2, 0.25) is 10.0 Å². The first-order valence-electron chi connectivity index (χ1n) is 7.60. The molecule has 0 unspecified atom stereocenters. The highest BCUT2D eigenvalue weighted by Crippen LogP contribution is 2.19. The molecule has 1 aromatic carbocycles. The Bertz CT molecular complexity index is 539. The Labute approximate surface area is 129 Å². The molecule has 0 aliphatic carbocycles. The Hall–Kier alpha value is -0.910. The second-order valence-electron chi connectivity index (χ2n) is 6.17. The Morgan fingerprint density at radius 2 is 1.90 bits per heavy atom. The molecule has 0 spiro atoms. The first-order valence-corrected chi connectivity index (χ1v) is 9.08. The number of hydrogen-bond acceptors (Lipinski definition) is 3. The predicted octanol–water partition coefficient (Wildman–Crippen LogP) is 2.90. The van der Waals surface area contributed by atoms with Crippen LogP contribution in [0.5, 0.6) is 0 Å². The molecule has 1 aromatic rings. The van der Waals surface area contributed by atoms with Crippen molar-refractivity contribution in [1.29, 1.82) is 0 Å². The second-order valence-corrected chi connectivity index (χ2v) is 7.93. The summed E-state index contributed by atoms with van der Waals surface area (Å²) in [5.41, 5.74) is 0.953. The van der Waals surface area contributed by atoms with Crippen LogP contribution in [0, 0.1) is 5.41 Å². The normalized spacial score (nSPS) is 12.6. The standard InChI is InChI=1S/C16H28N2O2S/c1-5-10-17-12-14-8-7-9-15(11-14)21(19,20)18-13-16(3,4)6-2/h7-9,11,17-18H,5-6,10,12-13H2,1-4H3. The van der Waals surface area contributed by atoms with Gasteiger partial charge in [0.1, 0.15) is 0 Å². The Morgan fingerprint density at radius 3 is 2.52 bits per heavy atom. The van der Waals surface area contributed by atoms with Crippen LogP contribution in [0.2, 0.25) is 0 Å². The maximum Gasteiger partial charge on any atom is 0.240 e. The smallest absolute Gasteiger partial charge is 0.240 e. The highest BCUT2D eigenvalue weighted by Gasteiger charge is 2.20.